The standard InChI is InChI=1S/C32H41N3O6/c1-21-18-35(15-11-27(21)36)16-14-32(38)12-9-23(10-13-32)33-31(37)41-30-17-25-26(34-30)6-4-8-29(25)40-20-22-19-39-28-7-3-2-5-24(22)28/h2-8,17,21-23,27,34,36,38H,9-16,18-20H2,1H3,(H,33,37)/t21-,22-,23?,27-,32?/m0/s1. The van der Waals surface area contributed by atoms with E-state index in [9.17, 15) is 15.0 Å². The van der Waals surface area contributed by atoms with Crippen LogP contribution in [0.15, 0.2) is 48.5 Å². The average Bonchev–Trinajstić information content (AvgIpc) is 3.58. The molecule has 1 amide bonds. The third-order valence-corrected chi connectivity index (χ3v) is 9.12. The Bertz CT molecular complexity index is 1350. The minimum Gasteiger partial charge on any atom is -0.493 e. The second-order valence-electron chi connectivity index (χ2n) is 12.1. The molecule has 1 saturated carbocycles. The molecule has 3 atom stereocenters. The maximum atomic E-state index is 12.7. The van der Waals surface area contributed by atoms with E-state index in [2.05, 4.69) is 28.2 Å². The predicted molar refractivity (Wildman–Crippen MR) is 156 cm³/mol. The summed E-state index contributed by atoms with van der Waals surface area (Å²) in [7, 11) is 0. The Labute approximate surface area is 240 Å². The van der Waals surface area contributed by atoms with E-state index in [4.69, 9.17) is 14.2 Å². The van der Waals surface area contributed by atoms with E-state index in [1.165, 1.54) is 0 Å². The third-order valence-electron chi connectivity index (χ3n) is 9.12. The molecule has 2 aliphatic heterocycles. The molecule has 9 nitrogen and oxygen atoms in total. The van der Waals surface area contributed by atoms with Crippen molar-refractivity contribution < 1.29 is 29.2 Å². The fourth-order valence-corrected chi connectivity index (χ4v) is 6.47. The number of aromatic amines is 1. The quantitative estimate of drug-likeness (QED) is 0.317. The molecule has 6 rings (SSSR count). The summed E-state index contributed by atoms with van der Waals surface area (Å²) in [6.45, 7) is 5.75. The van der Waals surface area contributed by atoms with Crippen LogP contribution in [0.3, 0.4) is 0 Å². The summed E-state index contributed by atoms with van der Waals surface area (Å²) in [5.41, 5.74) is 1.28. The van der Waals surface area contributed by atoms with E-state index < -0.39 is 11.7 Å². The number of carbonyl (C=O) groups excluding carboxylic acids is 1. The van der Waals surface area contributed by atoms with Crippen molar-refractivity contribution in [2.45, 2.75) is 69.1 Å². The van der Waals surface area contributed by atoms with Gasteiger partial charge in [0.05, 0.1) is 36.4 Å². The molecular weight excluding hydrogens is 522 g/mol. The molecule has 3 aromatic rings. The number of piperidine rings is 1. The molecular formula is C32H41N3O6. The van der Waals surface area contributed by atoms with Crippen molar-refractivity contribution in [1.29, 1.82) is 0 Å². The lowest BCUT2D eigenvalue weighted by molar-refractivity contribution is -0.0271. The summed E-state index contributed by atoms with van der Waals surface area (Å²) >= 11 is 0. The zero-order valence-electron chi connectivity index (χ0n) is 23.7. The van der Waals surface area contributed by atoms with Gasteiger partial charge in [-0.15, -0.1) is 0 Å². The molecule has 1 aromatic heterocycles. The van der Waals surface area contributed by atoms with Crippen LogP contribution in [-0.4, -0.2) is 76.8 Å². The number of aliphatic hydroxyl groups excluding tert-OH is 1. The zero-order chi connectivity index (χ0) is 28.4. The van der Waals surface area contributed by atoms with Gasteiger partial charge in [-0.2, -0.15) is 0 Å². The second kappa shape index (κ2) is 11.9. The van der Waals surface area contributed by atoms with Crippen molar-refractivity contribution >= 4 is 17.0 Å². The number of carbonyl (C=O) groups is 1. The van der Waals surface area contributed by atoms with Crippen LogP contribution in [0.4, 0.5) is 4.79 Å². The molecule has 2 aromatic carbocycles. The summed E-state index contributed by atoms with van der Waals surface area (Å²) in [6, 6.07) is 15.6. The topological polar surface area (TPSA) is 116 Å². The number of hydrogen-bond donors (Lipinski definition) is 4. The van der Waals surface area contributed by atoms with E-state index in [0.717, 1.165) is 54.0 Å². The predicted octanol–water partition coefficient (Wildman–Crippen LogP) is 4.58. The number of H-pyrrole nitrogens is 1. The van der Waals surface area contributed by atoms with Crippen LogP contribution < -0.4 is 19.5 Å². The van der Waals surface area contributed by atoms with Gasteiger partial charge in [0.25, 0.3) is 0 Å². The number of para-hydroxylation sites is 1. The molecule has 2 fully saturated rings. The van der Waals surface area contributed by atoms with Crippen LogP contribution in [0.25, 0.3) is 10.9 Å². The SMILES string of the molecule is C[C@H]1CN(CCC2(O)CCC(NC(=O)Oc3cc4c(OC[C@@H]5COc6ccccc65)cccc4[nH]3)CC2)CC[C@@H]1O. The molecule has 41 heavy (non-hydrogen) atoms. The Balaban J connectivity index is 0.978. The Hall–Kier alpha value is -3.27. The van der Waals surface area contributed by atoms with Crippen molar-refractivity contribution in [1.82, 2.24) is 15.2 Å². The highest BCUT2D eigenvalue weighted by Crippen LogP contribution is 2.36. The number of nitrogens with zero attached hydrogens (tertiary/aromatic N) is 1. The molecule has 9 heteroatoms. The van der Waals surface area contributed by atoms with Crippen molar-refractivity contribution in [3.8, 4) is 17.4 Å². The number of fused-ring (bicyclic) bond motifs is 2. The van der Waals surface area contributed by atoms with E-state index in [-0.39, 0.29) is 24.0 Å². The first-order chi connectivity index (χ1) is 19.8. The van der Waals surface area contributed by atoms with E-state index in [1.54, 1.807) is 6.07 Å². The highest BCUT2D eigenvalue weighted by atomic mass is 16.6. The van der Waals surface area contributed by atoms with Crippen LogP contribution in [0.1, 0.15) is 56.9 Å². The normalized spacial score (nSPS) is 28.2. The van der Waals surface area contributed by atoms with Crippen molar-refractivity contribution in [2.24, 2.45) is 5.92 Å². The van der Waals surface area contributed by atoms with Crippen LogP contribution in [0, 0.1) is 5.92 Å². The number of likely N-dealkylation sites (tertiary alicyclic amines) is 1. The van der Waals surface area contributed by atoms with Gasteiger partial charge in [0.1, 0.15) is 11.5 Å². The van der Waals surface area contributed by atoms with Gasteiger partial charge in [0.2, 0.25) is 5.88 Å². The third kappa shape index (κ3) is 6.47. The van der Waals surface area contributed by atoms with Gasteiger partial charge in [0.15, 0.2) is 0 Å². The Morgan fingerprint density at radius 2 is 2.00 bits per heavy atom. The maximum absolute atomic E-state index is 12.7. The average molecular weight is 564 g/mol. The van der Waals surface area contributed by atoms with E-state index in [0.29, 0.717) is 51.2 Å². The molecule has 3 heterocycles. The molecule has 0 radical (unpaired) electrons. The fourth-order valence-electron chi connectivity index (χ4n) is 6.47. The van der Waals surface area contributed by atoms with Crippen molar-refractivity contribution in [2.75, 3.05) is 32.8 Å². The first-order valence-electron chi connectivity index (χ1n) is 14.9. The van der Waals surface area contributed by atoms with Crippen molar-refractivity contribution in [3.05, 3.63) is 54.1 Å². The first kappa shape index (κ1) is 27.9. The number of aromatic nitrogens is 1. The van der Waals surface area contributed by atoms with Gasteiger partial charge in [-0.25, -0.2) is 4.79 Å². The fraction of sp³-hybridized carbons (Fsp3) is 0.531. The molecule has 0 spiro atoms. The van der Waals surface area contributed by atoms with Gasteiger partial charge in [-0.1, -0.05) is 31.2 Å². The van der Waals surface area contributed by atoms with Gasteiger partial charge < -0.3 is 39.6 Å². The molecule has 220 valence electrons. The first-order valence-corrected chi connectivity index (χ1v) is 14.9. The Kier molecular flexibility index (Phi) is 8.10. The van der Waals surface area contributed by atoms with Crippen LogP contribution in [0.5, 0.6) is 17.4 Å². The molecule has 1 saturated heterocycles. The summed E-state index contributed by atoms with van der Waals surface area (Å²) in [4.78, 5) is 18.2. The summed E-state index contributed by atoms with van der Waals surface area (Å²) in [6.07, 6.45) is 3.50. The number of benzene rings is 2. The van der Waals surface area contributed by atoms with E-state index >= 15 is 0 Å². The minimum absolute atomic E-state index is 0.0345. The van der Waals surface area contributed by atoms with Gasteiger partial charge in [0, 0.05) is 42.7 Å². The summed E-state index contributed by atoms with van der Waals surface area (Å²) in [5.74, 6) is 2.43. The van der Waals surface area contributed by atoms with Crippen molar-refractivity contribution in [3.63, 3.8) is 0 Å². The summed E-state index contributed by atoms with van der Waals surface area (Å²) in [5, 5.41) is 24.9. The molecule has 4 N–H and O–H groups in total. The Morgan fingerprint density at radius 1 is 1.17 bits per heavy atom. The van der Waals surface area contributed by atoms with Gasteiger partial charge in [-0.05, 0) is 62.6 Å². The number of rotatable bonds is 8. The zero-order valence-corrected chi connectivity index (χ0v) is 23.7. The highest BCUT2D eigenvalue weighted by molar-refractivity contribution is 5.88. The lowest BCUT2D eigenvalue weighted by Crippen LogP contribution is -2.47. The van der Waals surface area contributed by atoms with Crippen LogP contribution in [0.2, 0.25) is 0 Å². The monoisotopic (exact) mass is 563 g/mol. The second-order valence-corrected chi connectivity index (χ2v) is 12.1. The largest absolute Gasteiger partial charge is 0.493 e. The number of nitrogens with one attached hydrogen (secondary N) is 2. The minimum atomic E-state index is -0.707. The van der Waals surface area contributed by atoms with E-state index in [1.807, 2.05) is 36.4 Å². The van der Waals surface area contributed by atoms with Crippen LogP contribution >= 0.6 is 0 Å². The number of aliphatic hydroxyl groups is 2. The molecule has 0 unspecified atom stereocenters. The van der Waals surface area contributed by atoms with Gasteiger partial charge >= 0.3 is 6.09 Å². The Morgan fingerprint density at radius 3 is 2.83 bits per heavy atom. The van der Waals surface area contributed by atoms with Crippen LogP contribution in [-0.2, 0) is 0 Å². The summed E-state index contributed by atoms with van der Waals surface area (Å²) < 4.78 is 17.6. The lowest BCUT2D eigenvalue weighted by atomic mass is 9.80. The maximum Gasteiger partial charge on any atom is 0.414 e. The lowest BCUT2D eigenvalue weighted by Gasteiger charge is -2.39. The number of hydrogen-bond acceptors (Lipinski definition) is 7. The number of amides is 1. The molecule has 1 aliphatic carbocycles. The molecule has 0 bridgehead atoms. The smallest absolute Gasteiger partial charge is 0.414 e. The molecule has 3 aliphatic rings. The highest BCUT2D eigenvalue weighted by Gasteiger charge is 2.35. The number of ether oxygens (including phenoxy) is 3. The van der Waals surface area contributed by atoms with Gasteiger partial charge in [-0.3, -0.25) is 0 Å².